The summed E-state index contributed by atoms with van der Waals surface area (Å²) in [5.74, 6) is 0. The van der Waals surface area contributed by atoms with Gasteiger partial charge in [-0.05, 0) is 37.8 Å². The lowest BCUT2D eigenvalue weighted by Crippen LogP contribution is -2.26. The minimum Gasteiger partial charge on any atom is -0.725 e. The van der Waals surface area contributed by atoms with Crippen LogP contribution in [-0.2, 0) is 26.6 Å². The van der Waals surface area contributed by atoms with Crippen LogP contribution in [0.3, 0.4) is 0 Å². The van der Waals surface area contributed by atoms with Crippen LogP contribution in [-0.4, -0.2) is 13.0 Å². The maximum atomic E-state index is 11.0. The van der Waals surface area contributed by atoms with Crippen LogP contribution in [0.2, 0.25) is 0 Å². The van der Waals surface area contributed by atoms with Crippen molar-refractivity contribution < 1.29 is 17.2 Å². The first kappa shape index (κ1) is 26.1. The summed E-state index contributed by atoms with van der Waals surface area (Å²) >= 11 is 0. The second-order valence-electron chi connectivity index (χ2n) is 7.59. The van der Waals surface area contributed by atoms with E-state index in [1.165, 1.54) is 57.8 Å². The standard InChI is InChI=1S/C21H36O4S.H3N/c1-4-5-6-7-8-9-10-11-12-13-16-19-17-14-15-18-20(19)21(2,3)25-26(22,23)24;/h14-15,17-18H,4-13,16H2,1-3H3,(H,22,23,24);1H3. The van der Waals surface area contributed by atoms with E-state index < -0.39 is 16.0 Å². The number of quaternary nitrogens is 1. The summed E-state index contributed by atoms with van der Waals surface area (Å²) in [5.41, 5.74) is 0.687. The fourth-order valence-electron chi connectivity index (χ4n) is 3.43. The molecule has 0 fully saturated rings. The van der Waals surface area contributed by atoms with E-state index in [9.17, 15) is 13.0 Å². The molecule has 158 valence electrons. The molecule has 0 saturated heterocycles. The van der Waals surface area contributed by atoms with Gasteiger partial charge < -0.3 is 10.7 Å². The van der Waals surface area contributed by atoms with E-state index >= 15 is 0 Å². The van der Waals surface area contributed by atoms with Crippen molar-refractivity contribution in [3.8, 4) is 0 Å². The predicted molar refractivity (Wildman–Crippen MR) is 112 cm³/mol. The van der Waals surface area contributed by atoms with Crippen molar-refractivity contribution in [3.05, 3.63) is 35.4 Å². The molecule has 1 aromatic carbocycles. The molecule has 0 aliphatic rings. The molecule has 1 aromatic rings. The molecule has 0 bridgehead atoms. The second-order valence-corrected chi connectivity index (χ2v) is 8.57. The zero-order valence-electron chi connectivity index (χ0n) is 17.6. The molecule has 0 spiro atoms. The average molecular weight is 402 g/mol. The molecule has 0 atom stereocenters. The number of unbranched alkanes of at least 4 members (excludes halogenated alkanes) is 9. The van der Waals surface area contributed by atoms with Gasteiger partial charge in [-0.15, -0.1) is 0 Å². The van der Waals surface area contributed by atoms with Gasteiger partial charge in [0, 0.05) is 0 Å². The van der Waals surface area contributed by atoms with E-state index in [2.05, 4.69) is 6.92 Å². The van der Waals surface area contributed by atoms with Crippen LogP contribution in [0.1, 0.15) is 96.1 Å². The maximum Gasteiger partial charge on any atom is 0.218 e. The summed E-state index contributed by atoms with van der Waals surface area (Å²) in [5, 5.41) is 0. The molecule has 6 heteroatoms. The summed E-state index contributed by atoms with van der Waals surface area (Å²) < 4.78 is 37.8. The Kier molecular flexibility index (Phi) is 12.8. The monoisotopic (exact) mass is 401 g/mol. The number of hydrogen-bond acceptors (Lipinski definition) is 4. The SMILES string of the molecule is CCCCCCCCCCCCc1ccccc1C(C)(C)OS(=O)(=O)[O-].[NH4+]. The van der Waals surface area contributed by atoms with Gasteiger partial charge in [-0.1, -0.05) is 89.0 Å². The summed E-state index contributed by atoms with van der Waals surface area (Å²) in [7, 11) is -4.74. The van der Waals surface area contributed by atoms with E-state index in [-0.39, 0.29) is 6.15 Å². The van der Waals surface area contributed by atoms with Crippen molar-refractivity contribution in [3.63, 3.8) is 0 Å². The highest BCUT2D eigenvalue weighted by Gasteiger charge is 2.26. The molecule has 4 N–H and O–H groups in total. The van der Waals surface area contributed by atoms with Crippen molar-refractivity contribution in [2.75, 3.05) is 0 Å². The lowest BCUT2D eigenvalue weighted by Gasteiger charge is -2.28. The summed E-state index contributed by atoms with van der Waals surface area (Å²) in [6.45, 7) is 5.49. The van der Waals surface area contributed by atoms with Crippen LogP contribution in [0, 0.1) is 0 Å². The van der Waals surface area contributed by atoms with Crippen LogP contribution in [0.25, 0.3) is 0 Å². The minimum atomic E-state index is -4.74. The van der Waals surface area contributed by atoms with E-state index in [1.54, 1.807) is 13.8 Å². The number of benzene rings is 1. The van der Waals surface area contributed by atoms with Crippen LogP contribution in [0.5, 0.6) is 0 Å². The van der Waals surface area contributed by atoms with Gasteiger partial charge in [-0.2, -0.15) is 0 Å². The van der Waals surface area contributed by atoms with Gasteiger partial charge in [0.25, 0.3) is 0 Å². The lowest BCUT2D eigenvalue weighted by molar-refractivity contribution is 0.0953. The lowest BCUT2D eigenvalue weighted by atomic mass is 9.90. The third-order valence-electron chi connectivity index (χ3n) is 4.78. The van der Waals surface area contributed by atoms with Crippen molar-refractivity contribution in [2.45, 2.75) is 97.0 Å². The Morgan fingerprint density at radius 2 is 1.37 bits per heavy atom. The van der Waals surface area contributed by atoms with E-state index in [4.69, 9.17) is 4.18 Å². The molecule has 0 aliphatic carbocycles. The quantitative estimate of drug-likeness (QED) is 0.226. The zero-order valence-corrected chi connectivity index (χ0v) is 18.4. The topological polar surface area (TPSA) is 103 Å². The molecule has 0 saturated carbocycles. The smallest absolute Gasteiger partial charge is 0.218 e. The van der Waals surface area contributed by atoms with Gasteiger partial charge in [0.05, 0.1) is 0 Å². The fraction of sp³-hybridized carbons (Fsp3) is 0.714. The molecule has 1 rings (SSSR count). The molecule has 27 heavy (non-hydrogen) atoms. The highest BCUT2D eigenvalue weighted by atomic mass is 32.3. The first-order chi connectivity index (χ1) is 12.3. The van der Waals surface area contributed by atoms with E-state index in [0.29, 0.717) is 0 Å². The Balaban J connectivity index is 0.00000676. The van der Waals surface area contributed by atoms with Gasteiger partial charge >= 0.3 is 0 Å². The summed E-state index contributed by atoms with van der Waals surface area (Å²) in [6.07, 6.45) is 13.7. The maximum absolute atomic E-state index is 11.0. The van der Waals surface area contributed by atoms with Gasteiger partial charge in [0.15, 0.2) is 0 Å². The molecular formula is C21H39NO4S. The highest BCUT2D eigenvalue weighted by molar-refractivity contribution is 7.80. The van der Waals surface area contributed by atoms with Crippen molar-refractivity contribution >= 4 is 10.4 Å². The zero-order chi connectivity index (χ0) is 19.5. The van der Waals surface area contributed by atoms with E-state index in [1.807, 2.05) is 24.3 Å². The average Bonchev–Trinajstić information content (AvgIpc) is 2.55. The Labute approximate surface area is 166 Å². The van der Waals surface area contributed by atoms with Crippen molar-refractivity contribution in [2.24, 2.45) is 0 Å². The predicted octanol–water partition coefficient (Wildman–Crippen LogP) is 6.24. The Hall–Kier alpha value is -0.950. The molecule has 5 nitrogen and oxygen atoms in total. The second kappa shape index (κ2) is 13.3. The molecule has 0 aromatic heterocycles. The molecule has 0 heterocycles. The first-order valence-electron chi connectivity index (χ1n) is 10.0. The van der Waals surface area contributed by atoms with E-state index in [0.717, 1.165) is 24.0 Å². The van der Waals surface area contributed by atoms with Gasteiger partial charge in [0.2, 0.25) is 10.4 Å². The third-order valence-corrected chi connectivity index (χ3v) is 5.40. The van der Waals surface area contributed by atoms with Crippen LogP contribution in [0.4, 0.5) is 0 Å². The highest BCUT2D eigenvalue weighted by Crippen LogP contribution is 2.30. The number of aryl methyl sites for hydroxylation is 1. The normalized spacial score (nSPS) is 12.0. The first-order valence-corrected chi connectivity index (χ1v) is 11.3. The number of hydrogen-bond donors (Lipinski definition) is 1. The number of rotatable bonds is 14. The van der Waals surface area contributed by atoms with Crippen LogP contribution < -0.4 is 6.15 Å². The van der Waals surface area contributed by atoms with Gasteiger partial charge in [-0.25, -0.2) is 8.42 Å². The molecule has 0 amide bonds. The van der Waals surface area contributed by atoms with Gasteiger partial charge in [-0.3, -0.25) is 4.18 Å². The molecule has 0 aliphatic heterocycles. The Morgan fingerprint density at radius 3 is 1.89 bits per heavy atom. The van der Waals surface area contributed by atoms with Crippen LogP contribution >= 0.6 is 0 Å². The third kappa shape index (κ3) is 11.5. The van der Waals surface area contributed by atoms with Crippen molar-refractivity contribution in [1.29, 1.82) is 0 Å². The summed E-state index contributed by atoms with van der Waals surface area (Å²) in [6, 6.07) is 7.62. The summed E-state index contributed by atoms with van der Waals surface area (Å²) in [4.78, 5) is 0. The molecular weight excluding hydrogens is 362 g/mol. The van der Waals surface area contributed by atoms with Crippen LogP contribution in [0.15, 0.2) is 24.3 Å². The molecule has 0 unspecified atom stereocenters. The van der Waals surface area contributed by atoms with Gasteiger partial charge in [0.1, 0.15) is 5.60 Å². The largest absolute Gasteiger partial charge is 0.725 e. The Morgan fingerprint density at radius 1 is 0.889 bits per heavy atom. The minimum absolute atomic E-state index is 0. The Bertz CT molecular complexity index is 614. The fourth-order valence-corrected chi connectivity index (χ4v) is 4.03. The molecule has 0 radical (unpaired) electrons. The van der Waals surface area contributed by atoms with Crippen molar-refractivity contribution in [1.82, 2.24) is 6.15 Å².